The number of aryl methyl sites for hydroxylation is 1. The molecule has 0 fully saturated rings. The highest BCUT2D eigenvalue weighted by Crippen LogP contribution is 2.19. The van der Waals surface area contributed by atoms with Crippen molar-refractivity contribution in [3.05, 3.63) is 54.2 Å². The number of hydrogen-bond acceptors (Lipinski definition) is 2. The maximum atomic E-state index is 5.67. The lowest BCUT2D eigenvalue weighted by atomic mass is 10.1. The maximum Gasteiger partial charge on any atom is 0.219 e. The lowest BCUT2D eigenvalue weighted by Crippen LogP contribution is -1.91. The first-order chi connectivity index (χ1) is 9.38. The number of hydrogen-bond donors (Lipinski definition) is 0. The SMILES string of the molecule is CCCCCCc1ccc(Oc2ccccc2)nc1. The van der Waals surface area contributed by atoms with Crippen LogP contribution in [0.3, 0.4) is 0 Å². The molecule has 2 rings (SSSR count). The van der Waals surface area contributed by atoms with Gasteiger partial charge in [0.1, 0.15) is 5.75 Å². The van der Waals surface area contributed by atoms with Crippen molar-refractivity contribution in [2.45, 2.75) is 39.0 Å². The summed E-state index contributed by atoms with van der Waals surface area (Å²) in [4.78, 5) is 4.35. The van der Waals surface area contributed by atoms with Crippen LogP contribution in [0.4, 0.5) is 0 Å². The Morgan fingerprint density at radius 2 is 1.79 bits per heavy atom. The van der Waals surface area contributed by atoms with Gasteiger partial charge in [0, 0.05) is 12.3 Å². The Hall–Kier alpha value is -1.83. The van der Waals surface area contributed by atoms with E-state index in [2.05, 4.69) is 18.0 Å². The fraction of sp³-hybridized carbons (Fsp3) is 0.353. The zero-order chi connectivity index (χ0) is 13.3. The van der Waals surface area contributed by atoms with Crippen molar-refractivity contribution in [1.82, 2.24) is 4.98 Å². The summed E-state index contributed by atoms with van der Waals surface area (Å²) in [7, 11) is 0. The van der Waals surface area contributed by atoms with E-state index in [1.807, 2.05) is 42.6 Å². The standard InChI is InChI=1S/C17H21NO/c1-2-3-4-6-9-15-12-13-17(18-14-15)19-16-10-7-5-8-11-16/h5,7-8,10-14H,2-4,6,9H2,1H3. The molecule has 0 atom stereocenters. The molecule has 0 bridgehead atoms. The van der Waals surface area contributed by atoms with E-state index in [0.717, 1.165) is 12.2 Å². The average Bonchev–Trinajstić information content (AvgIpc) is 2.46. The quantitative estimate of drug-likeness (QED) is 0.650. The van der Waals surface area contributed by atoms with E-state index in [1.54, 1.807) is 0 Å². The number of rotatable bonds is 7. The van der Waals surface area contributed by atoms with Crippen molar-refractivity contribution in [2.24, 2.45) is 0 Å². The second kappa shape index (κ2) is 7.57. The highest BCUT2D eigenvalue weighted by Gasteiger charge is 1.99. The molecule has 0 saturated carbocycles. The molecule has 0 aliphatic carbocycles. The van der Waals surface area contributed by atoms with E-state index in [-0.39, 0.29) is 0 Å². The van der Waals surface area contributed by atoms with Crippen LogP contribution in [-0.2, 0) is 6.42 Å². The molecule has 100 valence electrons. The summed E-state index contributed by atoms with van der Waals surface area (Å²) >= 11 is 0. The molecule has 2 nitrogen and oxygen atoms in total. The summed E-state index contributed by atoms with van der Waals surface area (Å²) in [6.45, 7) is 2.23. The Balaban J connectivity index is 1.84. The van der Waals surface area contributed by atoms with Crippen molar-refractivity contribution in [3.63, 3.8) is 0 Å². The molecule has 0 radical (unpaired) electrons. The third kappa shape index (κ3) is 4.74. The van der Waals surface area contributed by atoms with Crippen LogP contribution in [0.1, 0.15) is 38.2 Å². The lowest BCUT2D eigenvalue weighted by Gasteiger charge is -2.05. The zero-order valence-corrected chi connectivity index (χ0v) is 11.5. The van der Waals surface area contributed by atoms with Crippen LogP contribution < -0.4 is 4.74 Å². The van der Waals surface area contributed by atoms with E-state index < -0.39 is 0 Å². The first-order valence-electron chi connectivity index (χ1n) is 7.06. The Morgan fingerprint density at radius 3 is 2.47 bits per heavy atom. The molecule has 0 N–H and O–H groups in total. The first-order valence-corrected chi connectivity index (χ1v) is 7.06. The van der Waals surface area contributed by atoms with Crippen LogP contribution in [0, 0.1) is 0 Å². The van der Waals surface area contributed by atoms with Crippen LogP contribution in [0.2, 0.25) is 0 Å². The van der Waals surface area contributed by atoms with E-state index in [1.165, 1.54) is 31.2 Å². The third-order valence-corrected chi connectivity index (χ3v) is 3.08. The smallest absolute Gasteiger partial charge is 0.219 e. The van der Waals surface area contributed by atoms with Gasteiger partial charge < -0.3 is 4.74 Å². The van der Waals surface area contributed by atoms with Crippen molar-refractivity contribution >= 4 is 0 Å². The van der Waals surface area contributed by atoms with Crippen molar-refractivity contribution in [3.8, 4) is 11.6 Å². The molecule has 0 amide bonds. The van der Waals surface area contributed by atoms with Crippen LogP contribution in [-0.4, -0.2) is 4.98 Å². The number of para-hydroxylation sites is 1. The third-order valence-electron chi connectivity index (χ3n) is 3.08. The van der Waals surface area contributed by atoms with Crippen molar-refractivity contribution < 1.29 is 4.74 Å². The summed E-state index contributed by atoms with van der Waals surface area (Å²) in [5.74, 6) is 1.48. The lowest BCUT2D eigenvalue weighted by molar-refractivity contribution is 0.462. The molecule has 1 aromatic heterocycles. The second-order valence-corrected chi connectivity index (χ2v) is 4.73. The molecule has 2 aromatic rings. The Bertz CT molecular complexity index is 464. The summed E-state index contributed by atoms with van der Waals surface area (Å²) < 4.78 is 5.67. The highest BCUT2D eigenvalue weighted by molar-refractivity contribution is 5.27. The normalized spacial score (nSPS) is 10.4. The molecule has 19 heavy (non-hydrogen) atoms. The van der Waals surface area contributed by atoms with Gasteiger partial charge in [-0.05, 0) is 30.5 Å². The molecular formula is C17H21NO. The topological polar surface area (TPSA) is 22.1 Å². The highest BCUT2D eigenvalue weighted by atomic mass is 16.5. The van der Waals surface area contributed by atoms with Crippen LogP contribution in [0.5, 0.6) is 11.6 Å². The number of aromatic nitrogens is 1. The van der Waals surface area contributed by atoms with E-state index in [4.69, 9.17) is 4.74 Å². The van der Waals surface area contributed by atoms with Gasteiger partial charge in [-0.3, -0.25) is 0 Å². The van der Waals surface area contributed by atoms with Crippen LogP contribution >= 0.6 is 0 Å². The van der Waals surface area contributed by atoms with E-state index in [9.17, 15) is 0 Å². The summed E-state index contributed by atoms with van der Waals surface area (Å²) in [5.41, 5.74) is 1.29. The Morgan fingerprint density at radius 1 is 0.947 bits per heavy atom. The van der Waals surface area contributed by atoms with E-state index >= 15 is 0 Å². The van der Waals surface area contributed by atoms with Gasteiger partial charge in [-0.25, -0.2) is 4.98 Å². The van der Waals surface area contributed by atoms with Gasteiger partial charge in [-0.15, -0.1) is 0 Å². The first kappa shape index (κ1) is 13.6. The number of ether oxygens (including phenoxy) is 1. The summed E-state index contributed by atoms with van der Waals surface area (Å²) in [6, 6.07) is 13.8. The fourth-order valence-corrected chi connectivity index (χ4v) is 1.98. The number of nitrogens with zero attached hydrogens (tertiary/aromatic N) is 1. The Labute approximate surface area is 115 Å². The minimum atomic E-state index is 0.656. The van der Waals surface area contributed by atoms with Crippen LogP contribution in [0.25, 0.3) is 0 Å². The fourth-order valence-electron chi connectivity index (χ4n) is 1.98. The molecule has 0 aliphatic rings. The molecule has 1 aromatic carbocycles. The van der Waals surface area contributed by atoms with Gasteiger partial charge in [0.05, 0.1) is 0 Å². The Kier molecular flexibility index (Phi) is 5.42. The molecule has 0 saturated heterocycles. The number of pyridine rings is 1. The van der Waals surface area contributed by atoms with Gasteiger partial charge in [0.15, 0.2) is 0 Å². The predicted molar refractivity (Wildman–Crippen MR) is 78.6 cm³/mol. The van der Waals surface area contributed by atoms with Gasteiger partial charge >= 0.3 is 0 Å². The van der Waals surface area contributed by atoms with Gasteiger partial charge in [-0.1, -0.05) is 50.5 Å². The van der Waals surface area contributed by atoms with E-state index in [0.29, 0.717) is 5.88 Å². The predicted octanol–water partition coefficient (Wildman–Crippen LogP) is 5.00. The number of benzene rings is 1. The minimum Gasteiger partial charge on any atom is -0.439 e. The summed E-state index contributed by atoms with van der Waals surface area (Å²) in [5, 5.41) is 0. The molecule has 0 unspecified atom stereocenters. The minimum absolute atomic E-state index is 0.656. The molecule has 2 heteroatoms. The largest absolute Gasteiger partial charge is 0.439 e. The van der Waals surface area contributed by atoms with Crippen molar-refractivity contribution in [1.29, 1.82) is 0 Å². The maximum absolute atomic E-state index is 5.67. The van der Waals surface area contributed by atoms with Gasteiger partial charge in [0.2, 0.25) is 5.88 Å². The molecule has 0 aliphatic heterocycles. The van der Waals surface area contributed by atoms with Crippen molar-refractivity contribution in [2.75, 3.05) is 0 Å². The van der Waals surface area contributed by atoms with Gasteiger partial charge in [-0.2, -0.15) is 0 Å². The summed E-state index contributed by atoms with van der Waals surface area (Å²) in [6.07, 6.45) is 8.18. The van der Waals surface area contributed by atoms with Crippen LogP contribution in [0.15, 0.2) is 48.7 Å². The number of unbranched alkanes of at least 4 members (excludes halogenated alkanes) is 3. The zero-order valence-electron chi connectivity index (χ0n) is 11.5. The van der Waals surface area contributed by atoms with Gasteiger partial charge in [0.25, 0.3) is 0 Å². The monoisotopic (exact) mass is 255 g/mol. The molecular weight excluding hydrogens is 234 g/mol. The second-order valence-electron chi connectivity index (χ2n) is 4.73. The molecule has 0 spiro atoms. The average molecular weight is 255 g/mol. The molecule has 1 heterocycles.